The van der Waals surface area contributed by atoms with Crippen LogP contribution in [0.4, 0.5) is 10.1 Å². The van der Waals surface area contributed by atoms with Crippen molar-refractivity contribution in [2.45, 2.75) is 12.1 Å². The summed E-state index contributed by atoms with van der Waals surface area (Å²) in [6.45, 7) is -0.762. The molecule has 7 nitrogen and oxygen atoms in total. The maximum Gasteiger partial charge on any atom is 0.343 e. The van der Waals surface area contributed by atoms with Crippen LogP contribution in [0.1, 0.15) is 16.8 Å². The Labute approximate surface area is 123 Å². The van der Waals surface area contributed by atoms with E-state index in [9.17, 15) is 24.1 Å². The zero-order valence-electron chi connectivity index (χ0n) is 10.6. The van der Waals surface area contributed by atoms with Crippen LogP contribution >= 0.6 is 11.6 Å². The van der Waals surface area contributed by atoms with E-state index in [1.807, 2.05) is 0 Å². The number of carbonyl (C=O) groups is 2. The predicted molar refractivity (Wildman–Crippen MR) is 70.1 cm³/mol. The molecule has 21 heavy (non-hydrogen) atoms. The normalized spacial score (nSPS) is 21.3. The highest BCUT2D eigenvalue weighted by Gasteiger charge is 2.47. The summed E-state index contributed by atoms with van der Waals surface area (Å²) < 4.78 is 13.9. The minimum absolute atomic E-state index is 0.0880. The SMILES string of the molecule is O=C(c1ccc(Cl)cc1[N+](=O)[O-])N1CCC(F)(C(=O)O)C1. The average molecular weight is 317 g/mol. The zero-order valence-corrected chi connectivity index (χ0v) is 11.3. The summed E-state index contributed by atoms with van der Waals surface area (Å²) in [4.78, 5) is 34.1. The number of alkyl halides is 1. The summed E-state index contributed by atoms with van der Waals surface area (Å²) in [5, 5.41) is 19.8. The Kier molecular flexibility index (Phi) is 3.82. The molecule has 0 radical (unpaired) electrons. The lowest BCUT2D eigenvalue weighted by Crippen LogP contribution is -2.39. The van der Waals surface area contributed by atoms with E-state index in [2.05, 4.69) is 0 Å². The molecule has 0 spiro atoms. The maximum absolute atomic E-state index is 13.9. The Morgan fingerprint density at radius 1 is 1.48 bits per heavy atom. The average Bonchev–Trinajstić information content (AvgIpc) is 2.82. The van der Waals surface area contributed by atoms with Gasteiger partial charge in [0.2, 0.25) is 5.67 Å². The summed E-state index contributed by atoms with van der Waals surface area (Å²) in [5.41, 5.74) is -3.27. The van der Waals surface area contributed by atoms with E-state index in [0.717, 1.165) is 11.0 Å². The molecule has 9 heteroatoms. The fourth-order valence-corrected chi connectivity index (χ4v) is 2.29. The number of nitro groups is 1. The quantitative estimate of drug-likeness (QED) is 0.678. The van der Waals surface area contributed by atoms with Crippen LogP contribution < -0.4 is 0 Å². The third-order valence-electron chi connectivity index (χ3n) is 3.28. The van der Waals surface area contributed by atoms with Crippen molar-refractivity contribution in [2.24, 2.45) is 0 Å². The van der Waals surface area contributed by atoms with Crippen molar-refractivity contribution in [1.82, 2.24) is 4.90 Å². The van der Waals surface area contributed by atoms with Crippen molar-refractivity contribution in [1.29, 1.82) is 0 Å². The molecule has 0 saturated carbocycles. The van der Waals surface area contributed by atoms with E-state index in [1.54, 1.807) is 0 Å². The number of carbonyl (C=O) groups excluding carboxylic acids is 1. The van der Waals surface area contributed by atoms with Crippen LogP contribution in [-0.2, 0) is 4.79 Å². The number of nitrogens with zero attached hydrogens (tertiary/aromatic N) is 2. The Morgan fingerprint density at radius 2 is 2.14 bits per heavy atom. The third-order valence-corrected chi connectivity index (χ3v) is 3.51. The van der Waals surface area contributed by atoms with Gasteiger partial charge in [-0.3, -0.25) is 14.9 Å². The lowest BCUT2D eigenvalue weighted by Gasteiger charge is -2.17. The molecule has 1 aliphatic heterocycles. The van der Waals surface area contributed by atoms with Crippen LogP contribution in [0.3, 0.4) is 0 Å². The van der Waals surface area contributed by atoms with Crippen LogP contribution in [0.15, 0.2) is 18.2 Å². The number of likely N-dealkylation sites (tertiary alicyclic amines) is 1. The van der Waals surface area contributed by atoms with Gasteiger partial charge in [-0.2, -0.15) is 0 Å². The van der Waals surface area contributed by atoms with Crippen molar-refractivity contribution < 1.29 is 24.0 Å². The fourth-order valence-electron chi connectivity index (χ4n) is 2.13. The maximum atomic E-state index is 13.9. The van der Waals surface area contributed by atoms with Gasteiger partial charge in [-0.15, -0.1) is 0 Å². The number of hydrogen-bond acceptors (Lipinski definition) is 4. The van der Waals surface area contributed by atoms with Gasteiger partial charge >= 0.3 is 5.97 Å². The van der Waals surface area contributed by atoms with Gasteiger partial charge in [0.05, 0.1) is 11.5 Å². The Bertz CT molecular complexity index is 638. The second-order valence-corrected chi connectivity index (χ2v) is 5.10. The molecular weight excluding hydrogens is 307 g/mol. The van der Waals surface area contributed by atoms with Crippen molar-refractivity contribution in [3.8, 4) is 0 Å². The monoisotopic (exact) mass is 316 g/mol. The number of nitro benzene ring substituents is 1. The highest BCUT2D eigenvalue weighted by molar-refractivity contribution is 6.31. The highest BCUT2D eigenvalue weighted by Crippen LogP contribution is 2.30. The molecule has 1 saturated heterocycles. The molecule has 0 aliphatic carbocycles. The molecule has 1 heterocycles. The topological polar surface area (TPSA) is 101 Å². The van der Waals surface area contributed by atoms with Crippen molar-refractivity contribution in [3.05, 3.63) is 38.9 Å². The number of carboxylic acids is 1. The van der Waals surface area contributed by atoms with Gasteiger partial charge in [0.1, 0.15) is 5.56 Å². The van der Waals surface area contributed by atoms with Crippen LogP contribution in [0.2, 0.25) is 5.02 Å². The first-order valence-electron chi connectivity index (χ1n) is 5.90. The fraction of sp³-hybridized carbons (Fsp3) is 0.333. The molecule has 1 aromatic carbocycles. The molecular formula is C12H10ClFN2O5. The summed E-state index contributed by atoms with van der Waals surface area (Å²) in [6.07, 6.45) is -0.352. The van der Waals surface area contributed by atoms with Gasteiger partial charge in [0, 0.05) is 24.1 Å². The molecule has 1 fully saturated rings. The predicted octanol–water partition coefficient (Wildman–Crippen LogP) is 1.89. The first-order chi connectivity index (χ1) is 9.74. The molecule has 2 rings (SSSR count). The molecule has 112 valence electrons. The zero-order chi connectivity index (χ0) is 15.8. The number of benzene rings is 1. The van der Waals surface area contributed by atoms with Gasteiger partial charge < -0.3 is 10.0 Å². The van der Waals surface area contributed by atoms with E-state index in [4.69, 9.17) is 16.7 Å². The minimum Gasteiger partial charge on any atom is -0.479 e. The molecule has 1 aromatic rings. The summed E-state index contributed by atoms with van der Waals surface area (Å²) in [5.74, 6) is -2.44. The van der Waals surface area contributed by atoms with E-state index in [0.29, 0.717) is 0 Å². The standard InChI is InChI=1S/C12H10ClFN2O5/c13-7-1-2-8(9(5-7)16(20)21)10(17)15-4-3-12(14,6-15)11(18)19/h1-2,5H,3-4,6H2,(H,18,19). The smallest absolute Gasteiger partial charge is 0.343 e. The second kappa shape index (κ2) is 5.28. The van der Waals surface area contributed by atoms with E-state index >= 15 is 0 Å². The lowest BCUT2D eigenvalue weighted by atomic mass is 10.1. The van der Waals surface area contributed by atoms with Crippen LogP contribution in [-0.4, -0.2) is 45.6 Å². The number of carboxylic acid groups (broad SMARTS) is 1. The van der Waals surface area contributed by atoms with Crippen molar-refractivity contribution in [3.63, 3.8) is 0 Å². The van der Waals surface area contributed by atoms with E-state index < -0.39 is 34.7 Å². The van der Waals surface area contributed by atoms with Gasteiger partial charge in [-0.1, -0.05) is 11.6 Å². The molecule has 1 amide bonds. The number of amides is 1. The van der Waals surface area contributed by atoms with Crippen LogP contribution in [0.5, 0.6) is 0 Å². The first kappa shape index (κ1) is 15.2. The lowest BCUT2D eigenvalue weighted by molar-refractivity contribution is -0.385. The molecule has 1 N–H and O–H groups in total. The minimum atomic E-state index is -2.52. The van der Waals surface area contributed by atoms with Gasteiger partial charge in [-0.25, -0.2) is 9.18 Å². The highest BCUT2D eigenvalue weighted by atomic mass is 35.5. The van der Waals surface area contributed by atoms with E-state index in [-0.39, 0.29) is 23.6 Å². The number of aliphatic carboxylic acids is 1. The second-order valence-electron chi connectivity index (χ2n) is 4.67. The number of rotatable bonds is 3. The Morgan fingerprint density at radius 3 is 2.67 bits per heavy atom. The third kappa shape index (κ3) is 2.80. The van der Waals surface area contributed by atoms with Crippen LogP contribution in [0.25, 0.3) is 0 Å². The van der Waals surface area contributed by atoms with Crippen molar-refractivity contribution in [2.75, 3.05) is 13.1 Å². The van der Waals surface area contributed by atoms with Gasteiger partial charge in [0.15, 0.2) is 0 Å². The molecule has 1 unspecified atom stereocenters. The van der Waals surface area contributed by atoms with Crippen molar-refractivity contribution >= 4 is 29.2 Å². The largest absolute Gasteiger partial charge is 0.479 e. The summed E-state index contributed by atoms with van der Waals surface area (Å²) in [7, 11) is 0. The Hall–Kier alpha value is -2.22. The number of halogens is 2. The molecule has 1 atom stereocenters. The molecule has 1 aliphatic rings. The first-order valence-corrected chi connectivity index (χ1v) is 6.28. The Balaban J connectivity index is 2.30. The van der Waals surface area contributed by atoms with Gasteiger partial charge in [-0.05, 0) is 12.1 Å². The summed E-state index contributed by atoms with van der Waals surface area (Å²) in [6, 6.07) is 3.49. The van der Waals surface area contributed by atoms with E-state index in [1.165, 1.54) is 12.1 Å². The molecule has 0 aromatic heterocycles. The number of hydrogen-bond donors (Lipinski definition) is 1. The molecule has 0 bridgehead atoms. The van der Waals surface area contributed by atoms with Gasteiger partial charge in [0.25, 0.3) is 11.6 Å². The van der Waals surface area contributed by atoms with Crippen LogP contribution in [0, 0.1) is 10.1 Å². The summed E-state index contributed by atoms with van der Waals surface area (Å²) >= 11 is 5.65.